The minimum atomic E-state index is -0.336. The smallest absolute Gasteiger partial charge is 0.140 e. The van der Waals surface area contributed by atoms with Crippen molar-refractivity contribution in [2.75, 3.05) is 0 Å². The first-order chi connectivity index (χ1) is 8.16. The van der Waals surface area contributed by atoms with Gasteiger partial charge in [0.15, 0.2) is 0 Å². The Bertz CT molecular complexity index is 485. The molecule has 0 aliphatic carbocycles. The van der Waals surface area contributed by atoms with Crippen molar-refractivity contribution in [3.8, 4) is 5.75 Å². The van der Waals surface area contributed by atoms with E-state index in [0.29, 0.717) is 17.9 Å². The highest BCUT2D eigenvalue weighted by Gasteiger charge is 2.08. The SMILES string of the molecule is C[C@@H](N)c1ccc(OCc2nccs2)cc1F. The van der Waals surface area contributed by atoms with Crippen LogP contribution in [0.4, 0.5) is 4.39 Å². The summed E-state index contributed by atoms with van der Waals surface area (Å²) >= 11 is 1.50. The van der Waals surface area contributed by atoms with Gasteiger partial charge in [-0.1, -0.05) is 6.07 Å². The lowest BCUT2D eigenvalue weighted by Gasteiger charge is -2.09. The second-order valence-corrected chi connectivity index (χ2v) is 4.67. The van der Waals surface area contributed by atoms with Crippen molar-refractivity contribution in [3.63, 3.8) is 0 Å². The molecule has 1 aromatic heterocycles. The average Bonchev–Trinajstić information content (AvgIpc) is 2.78. The third-order valence-corrected chi connectivity index (χ3v) is 3.06. The Balaban J connectivity index is 2.05. The normalized spacial score (nSPS) is 12.4. The summed E-state index contributed by atoms with van der Waals surface area (Å²) in [7, 11) is 0. The minimum absolute atomic E-state index is 0.317. The topological polar surface area (TPSA) is 48.1 Å². The largest absolute Gasteiger partial charge is 0.486 e. The molecule has 0 aliphatic heterocycles. The Morgan fingerprint density at radius 3 is 2.94 bits per heavy atom. The fourth-order valence-electron chi connectivity index (χ4n) is 1.44. The summed E-state index contributed by atoms with van der Waals surface area (Å²) < 4.78 is 19.0. The number of hydrogen-bond acceptors (Lipinski definition) is 4. The first kappa shape index (κ1) is 12.0. The van der Waals surface area contributed by atoms with E-state index < -0.39 is 0 Å². The highest BCUT2D eigenvalue weighted by Crippen LogP contribution is 2.21. The van der Waals surface area contributed by atoms with Gasteiger partial charge in [0.05, 0.1) is 0 Å². The van der Waals surface area contributed by atoms with Crippen LogP contribution in [0.3, 0.4) is 0 Å². The van der Waals surface area contributed by atoms with Gasteiger partial charge in [-0.15, -0.1) is 11.3 Å². The lowest BCUT2D eigenvalue weighted by molar-refractivity contribution is 0.303. The molecule has 0 saturated heterocycles. The molecule has 1 heterocycles. The lowest BCUT2D eigenvalue weighted by Crippen LogP contribution is -2.07. The van der Waals surface area contributed by atoms with E-state index in [9.17, 15) is 4.39 Å². The van der Waals surface area contributed by atoms with E-state index in [1.165, 1.54) is 17.4 Å². The second kappa shape index (κ2) is 5.25. The molecule has 0 amide bonds. The van der Waals surface area contributed by atoms with Crippen molar-refractivity contribution in [2.24, 2.45) is 5.73 Å². The lowest BCUT2D eigenvalue weighted by atomic mass is 10.1. The van der Waals surface area contributed by atoms with Crippen LogP contribution in [-0.2, 0) is 6.61 Å². The molecule has 0 saturated carbocycles. The summed E-state index contributed by atoms with van der Waals surface area (Å²) in [5, 5.41) is 2.74. The van der Waals surface area contributed by atoms with Crippen molar-refractivity contribution < 1.29 is 9.13 Å². The number of ether oxygens (including phenoxy) is 1. The number of halogens is 1. The molecule has 2 N–H and O–H groups in total. The van der Waals surface area contributed by atoms with Gasteiger partial charge in [0, 0.05) is 29.2 Å². The fourth-order valence-corrected chi connectivity index (χ4v) is 1.96. The van der Waals surface area contributed by atoms with Gasteiger partial charge in [0.25, 0.3) is 0 Å². The maximum Gasteiger partial charge on any atom is 0.140 e. The van der Waals surface area contributed by atoms with Crippen molar-refractivity contribution in [2.45, 2.75) is 19.6 Å². The average molecular weight is 252 g/mol. The molecule has 3 nitrogen and oxygen atoms in total. The number of rotatable bonds is 4. The number of nitrogens with two attached hydrogens (primary N) is 1. The van der Waals surface area contributed by atoms with Crippen LogP contribution in [0.15, 0.2) is 29.8 Å². The molecule has 0 spiro atoms. The van der Waals surface area contributed by atoms with Crippen molar-refractivity contribution in [3.05, 3.63) is 46.2 Å². The van der Waals surface area contributed by atoms with Crippen LogP contribution in [0.2, 0.25) is 0 Å². The third kappa shape index (κ3) is 3.01. The van der Waals surface area contributed by atoms with Gasteiger partial charge in [-0.3, -0.25) is 0 Å². The van der Waals surface area contributed by atoms with E-state index >= 15 is 0 Å². The van der Waals surface area contributed by atoms with Crippen LogP contribution < -0.4 is 10.5 Å². The molecule has 5 heteroatoms. The first-order valence-corrected chi connectivity index (χ1v) is 6.11. The zero-order valence-corrected chi connectivity index (χ0v) is 10.2. The van der Waals surface area contributed by atoms with Gasteiger partial charge in [-0.2, -0.15) is 0 Å². The van der Waals surface area contributed by atoms with Gasteiger partial charge in [0.1, 0.15) is 23.2 Å². The Kier molecular flexibility index (Phi) is 3.71. The highest BCUT2D eigenvalue weighted by atomic mass is 32.1. The quantitative estimate of drug-likeness (QED) is 0.910. The molecular weight excluding hydrogens is 239 g/mol. The molecule has 0 unspecified atom stereocenters. The molecule has 17 heavy (non-hydrogen) atoms. The standard InChI is InChI=1S/C12H13FN2OS/c1-8(14)10-3-2-9(6-11(10)13)16-7-12-15-4-5-17-12/h2-6,8H,7,14H2,1H3/t8-/m1/s1. The summed E-state index contributed by atoms with van der Waals surface area (Å²) in [5.74, 6) is 0.152. The predicted molar refractivity (Wildman–Crippen MR) is 65.4 cm³/mol. The van der Waals surface area contributed by atoms with Crippen molar-refractivity contribution >= 4 is 11.3 Å². The molecule has 1 aromatic carbocycles. The van der Waals surface area contributed by atoms with Gasteiger partial charge < -0.3 is 10.5 Å². The van der Waals surface area contributed by atoms with Crippen LogP contribution in [0.25, 0.3) is 0 Å². The number of benzene rings is 1. The molecule has 90 valence electrons. The zero-order valence-electron chi connectivity index (χ0n) is 9.39. The molecule has 0 bridgehead atoms. The maximum atomic E-state index is 13.6. The number of hydrogen-bond donors (Lipinski definition) is 1. The molecule has 0 fully saturated rings. The number of thiazole rings is 1. The van der Waals surface area contributed by atoms with Crippen LogP contribution in [0, 0.1) is 5.82 Å². The molecule has 1 atom stereocenters. The summed E-state index contributed by atoms with van der Waals surface area (Å²) in [6.07, 6.45) is 1.71. The van der Waals surface area contributed by atoms with Crippen LogP contribution in [-0.4, -0.2) is 4.98 Å². The summed E-state index contributed by atoms with van der Waals surface area (Å²) in [5.41, 5.74) is 6.12. The van der Waals surface area contributed by atoms with Crippen LogP contribution >= 0.6 is 11.3 Å². The maximum absolute atomic E-state index is 13.6. The molecule has 2 rings (SSSR count). The van der Waals surface area contributed by atoms with Crippen LogP contribution in [0.1, 0.15) is 23.5 Å². The monoisotopic (exact) mass is 252 g/mol. The summed E-state index contributed by atoms with van der Waals surface area (Å²) in [6, 6.07) is 4.40. The van der Waals surface area contributed by atoms with Gasteiger partial charge in [-0.25, -0.2) is 9.37 Å². The third-order valence-electron chi connectivity index (χ3n) is 2.31. The Morgan fingerprint density at radius 2 is 2.35 bits per heavy atom. The molecular formula is C12H13FN2OS. The fraction of sp³-hybridized carbons (Fsp3) is 0.250. The Morgan fingerprint density at radius 1 is 1.53 bits per heavy atom. The number of aromatic nitrogens is 1. The van der Waals surface area contributed by atoms with Gasteiger partial charge in [-0.05, 0) is 13.0 Å². The molecule has 0 radical (unpaired) electrons. The van der Waals surface area contributed by atoms with Crippen molar-refractivity contribution in [1.29, 1.82) is 0 Å². The van der Waals surface area contributed by atoms with E-state index in [4.69, 9.17) is 10.5 Å². The minimum Gasteiger partial charge on any atom is -0.486 e. The van der Waals surface area contributed by atoms with Crippen LogP contribution in [0.5, 0.6) is 5.75 Å². The Hall–Kier alpha value is -1.46. The van der Waals surface area contributed by atoms with E-state index in [1.54, 1.807) is 25.3 Å². The van der Waals surface area contributed by atoms with E-state index in [0.717, 1.165) is 5.01 Å². The Labute approximate surface area is 103 Å². The van der Waals surface area contributed by atoms with E-state index in [-0.39, 0.29) is 11.9 Å². The van der Waals surface area contributed by atoms with Gasteiger partial charge in [0.2, 0.25) is 0 Å². The zero-order chi connectivity index (χ0) is 12.3. The van der Waals surface area contributed by atoms with Crippen molar-refractivity contribution in [1.82, 2.24) is 4.98 Å². The highest BCUT2D eigenvalue weighted by molar-refractivity contribution is 7.09. The van der Waals surface area contributed by atoms with Gasteiger partial charge >= 0.3 is 0 Å². The van der Waals surface area contributed by atoms with E-state index in [1.807, 2.05) is 5.38 Å². The predicted octanol–water partition coefficient (Wildman–Crippen LogP) is 2.88. The van der Waals surface area contributed by atoms with E-state index in [2.05, 4.69) is 4.98 Å². The number of nitrogens with zero attached hydrogens (tertiary/aromatic N) is 1. The summed E-state index contributed by atoms with van der Waals surface area (Å²) in [6.45, 7) is 2.10. The second-order valence-electron chi connectivity index (χ2n) is 3.69. The summed E-state index contributed by atoms with van der Waals surface area (Å²) in [4.78, 5) is 4.08. The molecule has 2 aromatic rings. The first-order valence-electron chi connectivity index (χ1n) is 5.23. The molecule has 0 aliphatic rings.